The largest absolute Gasteiger partial charge is 0.459 e. The van der Waals surface area contributed by atoms with Crippen LogP contribution in [0, 0.1) is 0 Å². The monoisotopic (exact) mass is 629 g/mol. The Balaban J connectivity index is 1.02. The molecule has 0 radical (unpaired) electrons. The van der Waals surface area contributed by atoms with Crippen molar-refractivity contribution in [2.45, 2.75) is 44.5 Å². The minimum Gasteiger partial charge on any atom is -0.459 e. The number of fused-ring (bicyclic) bond motifs is 3. The Bertz CT molecular complexity index is 1800. The number of alkyl carbamates (subject to hydrolysis) is 1. The summed E-state index contributed by atoms with van der Waals surface area (Å²) in [6, 6.07) is 33.7. The molecule has 2 unspecified atom stereocenters. The maximum absolute atomic E-state index is 13.2. The quantitative estimate of drug-likeness (QED) is 0.180. The fraction of sp³-hybridized carbons (Fsp3) is 0.216. The number of ether oxygens (including phenoxy) is 2. The molecular formula is C37H35N5O5. The van der Waals surface area contributed by atoms with Crippen LogP contribution in [0.25, 0.3) is 11.1 Å². The summed E-state index contributed by atoms with van der Waals surface area (Å²) in [5.41, 5.74) is 6.34. The molecule has 2 N–H and O–H groups in total. The van der Waals surface area contributed by atoms with Crippen molar-refractivity contribution in [3.8, 4) is 11.1 Å². The number of rotatable bonds is 12. The van der Waals surface area contributed by atoms with Gasteiger partial charge >= 0.3 is 12.1 Å². The molecule has 5 aromatic rings. The molecule has 4 aromatic carbocycles. The highest BCUT2D eigenvalue weighted by Crippen LogP contribution is 2.44. The summed E-state index contributed by atoms with van der Waals surface area (Å²) in [5, 5.41) is 13.6. The van der Waals surface area contributed by atoms with Crippen LogP contribution in [-0.2, 0) is 33.8 Å². The van der Waals surface area contributed by atoms with Crippen LogP contribution in [0.2, 0.25) is 0 Å². The molecule has 1 aliphatic carbocycles. The van der Waals surface area contributed by atoms with Crippen LogP contribution < -0.4 is 10.6 Å². The van der Waals surface area contributed by atoms with Crippen molar-refractivity contribution in [2.75, 3.05) is 6.61 Å². The van der Waals surface area contributed by atoms with Gasteiger partial charge in [0.2, 0.25) is 0 Å². The van der Waals surface area contributed by atoms with Gasteiger partial charge in [-0.15, -0.1) is 5.10 Å². The van der Waals surface area contributed by atoms with Gasteiger partial charge in [0.15, 0.2) is 5.69 Å². The van der Waals surface area contributed by atoms with E-state index in [1.54, 1.807) is 0 Å². The lowest BCUT2D eigenvalue weighted by Crippen LogP contribution is -2.43. The van der Waals surface area contributed by atoms with E-state index in [2.05, 4.69) is 45.2 Å². The molecule has 0 fully saturated rings. The molecule has 0 aliphatic heterocycles. The average molecular weight is 630 g/mol. The molecule has 10 nitrogen and oxygen atoms in total. The van der Waals surface area contributed by atoms with Crippen LogP contribution in [0.3, 0.4) is 0 Å². The van der Waals surface area contributed by atoms with Crippen LogP contribution in [0.4, 0.5) is 4.79 Å². The Morgan fingerprint density at radius 2 is 1.36 bits per heavy atom. The summed E-state index contributed by atoms with van der Waals surface area (Å²) in [6.45, 7) is 2.35. The molecule has 6 rings (SSSR count). The molecule has 0 saturated carbocycles. The van der Waals surface area contributed by atoms with Gasteiger partial charge in [-0.2, -0.15) is 0 Å². The summed E-state index contributed by atoms with van der Waals surface area (Å²) in [4.78, 5) is 39.0. The number of esters is 1. The van der Waals surface area contributed by atoms with Crippen LogP contribution in [0.1, 0.15) is 45.6 Å². The zero-order chi connectivity index (χ0) is 32.6. The number of amides is 2. The number of aromatic nitrogens is 3. The number of nitrogens with one attached hydrogen (secondary N) is 2. The van der Waals surface area contributed by atoms with Crippen molar-refractivity contribution >= 4 is 18.0 Å². The average Bonchev–Trinajstić information content (AvgIpc) is 3.69. The number of nitrogens with zero attached hydrogens (tertiary/aromatic N) is 3. The Morgan fingerprint density at radius 1 is 0.766 bits per heavy atom. The van der Waals surface area contributed by atoms with Gasteiger partial charge in [-0.05, 0) is 40.3 Å². The third kappa shape index (κ3) is 7.73. The second kappa shape index (κ2) is 14.6. The van der Waals surface area contributed by atoms with E-state index in [0.717, 1.165) is 33.4 Å². The molecule has 1 aliphatic rings. The molecule has 47 heavy (non-hydrogen) atoms. The number of benzene rings is 4. The Kier molecular flexibility index (Phi) is 9.67. The SMILES string of the molecule is CC(Cn1cc(C(=O)NC(Cc2ccccc2)C(=O)OCc2ccccc2)nn1)NC(=O)OCC1c2ccccc2-c2ccccc21. The molecule has 1 aromatic heterocycles. The third-order valence-electron chi connectivity index (χ3n) is 8.04. The lowest BCUT2D eigenvalue weighted by Gasteiger charge is -2.17. The number of hydrogen-bond acceptors (Lipinski definition) is 7. The Hall–Kier alpha value is -5.77. The van der Waals surface area contributed by atoms with E-state index in [0.29, 0.717) is 0 Å². The van der Waals surface area contributed by atoms with Gasteiger partial charge in [0.05, 0.1) is 12.7 Å². The number of hydrogen-bond donors (Lipinski definition) is 2. The topological polar surface area (TPSA) is 124 Å². The fourth-order valence-electron chi connectivity index (χ4n) is 5.76. The van der Waals surface area contributed by atoms with Gasteiger partial charge in [-0.1, -0.05) is 114 Å². The standard InChI is InChI=1S/C37H35N5O5/c1-25(38-37(45)47-24-32-30-18-10-8-16-28(30)29-17-9-11-19-31(29)32)21-42-22-34(40-41-42)35(43)39-33(20-26-12-4-2-5-13-26)36(44)46-23-27-14-6-3-7-15-27/h2-19,22,25,32-33H,20-21,23-24H2,1H3,(H,38,45)(H,39,43). The van der Waals surface area contributed by atoms with E-state index >= 15 is 0 Å². The summed E-state index contributed by atoms with van der Waals surface area (Å²) >= 11 is 0. The second-order valence-electron chi connectivity index (χ2n) is 11.5. The first-order valence-corrected chi connectivity index (χ1v) is 15.5. The van der Waals surface area contributed by atoms with Crippen molar-refractivity contribution < 1.29 is 23.9 Å². The number of carbonyl (C=O) groups excluding carboxylic acids is 3. The Morgan fingerprint density at radius 3 is 2.02 bits per heavy atom. The van der Waals surface area contributed by atoms with Crippen molar-refractivity contribution in [3.05, 3.63) is 143 Å². The highest BCUT2D eigenvalue weighted by Gasteiger charge is 2.29. The molecule has 1 heterocycles. The van der Waals surface area contributed by atoms with Gasteiger partial charge in [0, 0.05) is 18.4 Å². The smallest absolute Gasteiger partial charge is 0.407 e. The predicted molar refractivity (Wildman–Crippen MR) is 175 cm³/mol. The third-order valence-corrected chi connectivity index (χ3v) is 8.04. The lowest BCUT2D eigenvalue weighted by molar-refractivity contribution is -0.147. The van der Waals surface area contributed by atoms with E-state index in [1.807, 2.05) is 91.9 Å². The summed E-state index contributed by atoms with van der Waals surface area (Å²) in [7, 11) is 0. The zero-order valence-corrected chi connectivity index (χ0v) is 25.9. The first-order valence-electron chi connectivity index (χ1n) is 15.5. The van der Waals surface area contributed by atoms with Crippen LogP contribution in [0.5, 0.6) is 0 Å². The van der Waals surface area contributed by atoms with E-state index in [1.165, 1.54) is 10.9 Å². The van der Waals surface area contributed by atoms with E-state index in [4.69, 9.17) is 9.47 Å². The molecule has 0 bridgehead atoms. The van der Waals surface area contributed by atoms with Gasteiger partial charge in [-0.25, -0.2) is 14.3 Å². The highest BCUT2D eigenvalue weighted by atomic mass is 16.5. The van der Waals surface area contributed by atoms with Crippen LogP contribution in [0.15, 0.2) is 115 Å². The normalized spacial score (nSPS) is 13.1. The molecule has 238 valence electrons. The zero-order valence-electron chi connectivity index (χ0n) is 25.9. The predicted octanol–water partition coefficient (Wildman–Crippen LogP) is 5.29. The van der Waals surface area contributed by atoms with Gasteiger partial charge in [0.1, 0.15) is 19.3 Å². The summed E-state index contributed by atoms with van der Waals surface area (Å²) in [5.74, 6) is -1.16. The van der Waals surface area contributed by atoms with Crippen molar-refractivity contribution in [1.29, 1.82) is 0 Å². The second-order valence-corrected chi connectivity index (χ2v) is 11.5. The molecule has 2 amide bonds. The van der Waals surface area contributed by atoms with Crippen molar-refractivity contribution in [1.82, 2.24) is 25.6 Å². The van der Waals surface area contributed by atoms with E-state index < -0.39 is 24.0 Å². The van der Waals surface area contributed by atoms with Crippen LogP contribution in [-0.4, -0.2) is 51.7 Å². The van der Waals surface area contributed by atoms with Crippen molar-refractivity contribution in [3.63, 3.8) is 0 Å². The number of carbonyl (C=O) groups is 3. The molecule has 0 saturated heterocycles. The Labute approximate surface area is 272 Å². The van der Waals surface area contributed by atoms with E-state index in [9.17, 15) is 14.4 Å². The van der Waals surface area contributed by atoms with Gasteiger partial charge in [0.25, 0.3) is 5.91 Å². The molecule has 2 atom stereocenters. The molecule has 10 heteroatoms. The summed E-state index contributed by atoms with van der Waals surface area (Å²) in [6.07, 6.45) is 1.17. The minimum absolute atomic E-state index is 0.0345. The van der Waals surface area contributed by atoms with E-state index in [-0.39, 0.29) is 43.8 Å². The van der Waals surface area contributed by atoms with Crippen LogP contribution >= 0.6 is 0 Å². The lowest BCUT2D eigenvalue weighted by atomic mass is 9.98. The first-order chi connectivity index (χ1) is 22.9. The fourth-order valence-corrected chi connectivity index (χ4v) is 5.76. The molecular weight excluding hydrogens is 594 g/mol. The minimum atomic E-state index is -0.937. The molecule has 0 spiro atoms. The maximum Gasteiger partial charge on any atom is 0.407 e. The summed E-state index contributed by atoms with van der Waals surface area (Å²) < 4.78 is 12.6. The van der Waals surface area contributed by atoms with Gasteiger partial charge in [-0.3, -0.25) is 4.79 Å². The maximum atomic E-state index is 13.2. The van der Waals surface area contributed by atoms with Crippen molar-refractivity contribution in [2.24, 2.45) is 0 Å². The van der Waals surface area contributed by atoms with Gasteiger partial charge < -0.3 is 20.1 Å². The highest BCUT2D eigenvalue weighted by molar-refractivity contribution is 5.95. The first kappa shape index (κ1) is 31.2.